The van der Waals surface area contributed by atoms with E-state index < -0.39 is 0 Å². The Hall–Kier alpha value is -1.46. The van der Waals surface area contributed by atoms with E-state index in [2.05, 4.69) is 5.92 Å². The van der Waals surface area contributed by atoms with Crippen LogP contribution in [0, 0.1) is 19.3 Å². The summed E-state index contributed by atoms with van der Waals surface area (Å²) < 4.78 is 11.3. The summed E-state index contributed by atoms with van der Waals surface area (Å²) in [6.07, 6.45) is 8.52. The Morgan fingerprint density at radius 1 is 1.44 bits per heavy atom. The van der Waals surface area contributed by atoms with Gasteiger partial charge in [0.2, 0.25) is 0 Å². The van der Waals surface area contributed by atoms with E-state index in [0.717, 1.165) is 36.3 Å². The van der Waals surface area contributed by atoms with E-state index in [9.17, 15) is 0 Å². The predicted octanol–water partition coefficient (Wildman–Crippen LogP) is 2.88. The van der Waals surface area contributed by atoms with Gasteiger partial charge in [0, 0.05) is 12.0 Å². The molecule has 0 bridgehead atoms. The van der Waals surface area contributed by atoms with E-state index in [-0.39, 0.29) is 6.29 Å². The Balaban J connectivity index is 2.06. The highest BCUT2D eigenvalue weighted by molar-refractivity contribution is 5.42. The summed E-state index contributed by atoms with van der Waals surface area (Å²) in [4.78, 5) is 0. The Morgan fingerprint density at radius 2 is 2.31 bits per heavy atom. The minimum Gasteiger partial charge on any atom is -0.465 e. The van der Waals surface area contributed by atoms with Crippen molar-refractivity contribution in [1.82, 2.24) is 0 Å². The smallest absolute Gasteiger partial charge is 0.199 e. The lowest BCUT2D eigenvalue weighted by atomic mass is 10.1. The van der Waals surface area contributed by atoms with Gasteiger partial charge in [-0.05, 0) is 43.5 Å². The van der Waals surface area contributed by atoms with Crippen LogP contribution in [-0.4, -0.2) is 12.9 Å². The molecular weight excluding hydrogens is 200 g/mol. The maximum Gasteiger partial charge on any atom is 0.199 e. The lowest BCUT2D eigenvalue weighted by Gasteiger charge is -2.24. The van der Waals surface area contributed by atoms with Crippen molar-refractivity contribution < 1.29 is 9.47 Å². The van der Waals surface area contributed by atoms with Crippen LogP contribution in [0.1, 0.15) is 30.4 Å². The molecule has 0 aliphatic carbocycles. The molecule has 1 aliphatic rings. The van der Waals surface area contributed by atoms with Crippen molar-refractivity contribution in [1.29, 1.82) is 0 Å². The summed E-state index contributed by atoms with van der Waals surface area (Å²) in [5.74, 6) is 3.48. The Labute approximate surface area is 96.6 Å². The Bertz CT molecular complexity index is 398. The molecule has 0 aromatic heterocycles. The summed E-state index contributed by atoms with van der Waals surface area (Å²) in [6, 6.07) is 5.77. The molecular formula is C14H16O2. The first-order chi connectivity index (χ1) is 7.79. The van der Waals surface area contributed by atoms with E-state index in [1.165, 1.54) is 6.42 Å². The molecule has 1 heterocycles. The lowest BCUT2D eigenvalue weighted by Crippen LogP contribution is -2.25. The molecule has 1 aromatic carbocycles. The molecule has 2 heteroatoms. The third kappa shape index (κ3) is 2.56. The topological polar surface area (TPSA) is 18.5 Å². The van der Waals surface area contributed by atoms with Gasteiger partial charge in [-0.1, -0.05) is 5.92 Å². The molecule has 2 nitrogen and oxygen atoms in total. The van der Waals surface area contributed by atoms with Crippen LogP contribution in [-0.2, 0) is 4.74 Å². The van der Waals surface area contributed by atoms with Gasteiger partial charge < -0.3 is 9.47 Å². The second-order valence-electron chi connectivity index (χ2n) is 4.04. The van der Waals surface area contributed by atoms with Crippen LogP contribution in [0.2, 0.25) is 0 Å². The monoisotopic (exact) mass is 216 g/mol. The van der Waals surface area contributed by atoms with Crippen molar-refractivity contribution in [3.8, 4) is 18.1 Å². The average molecular weight is 216 g/mol. The number of hydrogen-bond donors (Lipinski definition) is 0. The first-order valence-electron chi connectivity index (χ1n) is 5.65. The number of benzene rings is 1. The van der Waals surface area contributed by atoms with Gasteiger partial charge in [-0.25, -0.2) is 0 Å². The Kier molecular flexibility index (Phi) is 3.48. The van der Waals surface area contributed by atoms with Crippen molar-refractivity contribution in [3.05, 3.63) is 29.3 Å². The fourth-order valence-electron chi connectivity index (χ4n) is 1.82. The van der Waals surface area contributed by atoms with Crippen molar-refractivity contribution in [2.24, 2.45) is 0 Å². The summed E-state index contributed by atoms with van der Waals surface area (Å²) >= 11 is 0. The average Bonchev–Trinajstić information content (AvgIpc) is 2.33. The van der Waals surface area contributed by atoms with Crippen LogP contribution in [0.15, 0.2) is 18.2 Å². The predicted molar refractivity (Wildman–Crippen MR) is 63.3 cm³/mol. The van der Waals surface area contributed by atoms with Crippen molar-refractivity contribution >= 4 is 0 Å². The first-order valence-corrected chi connectivity index (χ1v) is 5.65. The maximum absolute atomic E-state index is 5.79. The van der Waals surface area contributed by atoms with Gasteiger partial charge in [0.15, 0.2) is 6.29 Å². The highest BCUT2D eigenvalue weighted by Gasteiger charge is 2.15. The summed E-state index contributed by atoms with van der Waals surface area (Å²) in [5, 5.41) is 0. The molecule has 84 valence electrons. The summed E-state index contributed by atoms with van der Waals surface area (Å²) in [7, 11) is 0. The second kappa shape index (κ2) is 5.05. The largest absolute Gasteiger partial charge is 0.465 e. The molecule has 0 saturated carbocycles. The molecule has 1 unspecified atom stereocenters. The van der Waals surface area contributed by atoms with Gasteiger partial charge in [-0.3, -0.25) is 0 Å². The van der Waals surface area contributed by atoms with E-state index >= 15 is 0 Å². The highest BCUT2D eigenvalue weighted by atomic mass is 16.7. The quantitative estimate of drug-likeness (QED) is 0.708. The molecule has 16 heavy (non-hydrogen) atoms. The normalized spacial score (nSPS) is 20.1. The number of aryl methyl sites for hydroxylation is 1. The minimum absolute atomic E-state index is 0.0934. The third-order valence-electron chi connectivity index (χ3n) is 2.74. The maximum atomic E-state index is 5.79. The zero-order chi connectivity index (χ0) is 11.4. The van der Waals surface area contributed by atoms with Crippen LogP contribution >= 0.6 is 0 Å². The van der Waals surface area contributed by atoms with E-state index in [4.69, 9.17) is 15.9 Å². The zero-order valence-corrected chi connectivity index (χ0v) is 9.53. The first kappa shape index (κ1) is 11.0. The number of rotatable bonds is 2. The minimum atomic E-state index is -0.0934. The van der Waals surface area contributed by atoms with E-state index in [1.807, 2.05) is 25.1 Å². The van der Waals surface area contributed by atoms with Crippen LogP contribution in [0.5, 0.6) is 5.75 Å². The summed E-state index contributed by atoms with van der Waals surface area (Å²) in [6.45, 7) is 2.80. The fraction of sp³-hybridized carbons (Fsp3) is 0.429. The van der Waals surface area contributed by atoms with Crippen molar-refractivity contribution in [2.45, 2.75) is 32.5 Å². The summed E-state index contributed by atoms with van der Waals surface area (Å²) in [5.41, 5.74) is 1.94. The number of ether oxygens (including phenoxy) is 2. The fourth-order valence-corrected chi connectivity index (χ4v) is 1.82. The van der Waals surface area contributed by atoms with Crippen LogP contribution in [0.3, 0.4) is 0 Å². The molecule has 1 atom stereocenters. The van der Waals surface area contributed by atoms with Gasteiger partial charge in [0.05, 0.1) is 6.61 Å². The third-order valence-corrected chi connectivity index (χ3v) is 2.74. The van der Waals surface area contributed by atoms with Gasteiger partial charge in [-0.2, -0.15) is 0 Å². The molecule has 0 amide bonds. The molecule has 0 radical (unpaired) electrons. The molecule has 0 spiro atoms. The Morgan fingerprint density at radius 3 is 2.94 bits per heavy atom. The molecule has 0 N–H and O–H groups in total. The number of hydrogen-bond acceptors (Lipinski definition) is 2. The van der Waals surface area contributed by atoms with Gasteiger partial charge in [0.1, 0.15) is 5.75 Å². The standard InChI is InChI=1S/C14H16O2/c1-3-12-7-8-13(11(2)10-12)16-14-6-4-5-9-15-14/h1,7-8,10,14H,4-6,9H2,2H3. The van der Waals surface area contributed by atoms with Gasteiger partial charge in [-0.15, -0.1) is 6.42 Å². The highest BCUT2D eigenvalue weighted by Crippen LogP contribution is 2.23. The zero-order valence-electron chi connectivity index (χ0n) is 9.53. The second-order valence-corrected chi connectivity index (χ2v) is 4.04. The lowest BCUT2D eigenvalue weighted by molar-refractivity contribution is -0.106. The van der Waals surface area contributed by atoms with Crippen LogP contribution in [0.4, 0.5) is 0 Å². The molecule has 1 aromatic rings. The van der Waals surface area contributed by atoms with E-state index in [1.54, 1.807) is 0 Å². The molecule has 1 fully saturated rings. The SMILES string of the molecule is C#Cc1ccc(OC2CCCCO2)c(C)c1. The van der Waals surface area contributed by atoms with Crippen LogP contribution < -0.4 is 4.74 Å². The van der Waals surface area contributed by atoms with Crippen molar-refractivity contribution in [3.63, 3.8) is 0 Å². The van der Waals surface area contributed by atoms with Crippen LogP contribution in [0.25, 0.3) is 0 Å². The van der Waals surface area contributed by atoms with Gasteiger partial charge in [0.25, 0.3) is 0 Å². The number of terminal acetylenes is 1. The molecule has 1 saturated heterocycles. The molecule has 1 aliphatic heterocycles. The molecule has 2 rings (SSSR count). The van der Waals surface area contributed by atoms with E-state index in [0.29, 0.717) is 0 Å². The van der Waals surface area contributed by atoms with Crippen molar-refractivity contribution in [2.75, 3.05) is 6.61 Å². The van der Waals surface area contributed by atoms with Gasteiger partial charge >= 0.3 is 0 Å².